The van der Waals surface area contributed by atoms with Crippen LogP contribution in [0.4, 0.5) is 0 Å². The lowest BCUT2D eigenvalue weighted by atomic mass is 10.0. The number of rotatable bonds is 5. The van der Waals surface area contributed by atoms with Crippen LogP contribution in [0.5, 0.6) is 11.6 Å². The Labute approximate surface area is 170 Å². The number of carbonyl (C=O) groups is 1. The molecule has 0 radical (unpaired) electrons. The first-order valence-electron chi connectivity index (χ1n) is 8.10. The Balaban J connectivity index is 2.17. The second kappa shape index (κ2) is 8.24. The average molecular weight is 415 g/mol. The number of carbonyl (C=O) groups excluding carboxylic acids is 1. The molecule has 3 aromatic rings. The number of nitrogens with one attached hydrogen (secondary N) is 1. The molecule has 2 N–H and O–H groups in total. The van der Waals surface area contributed by atoms with Crippen LogP contribution < -0.4 is 10.3 Å². The number of methoxy groups -OCH3 is 1. The van der Waals surface area contributed by atoms with E-state index in [0.717, 1.165) is 0 Å². The van der Waals surface area contributed by atoms with Gasteiger partial charge >= 0.3 is 0 Å². The highest BCUT2D eigenvalue weighted by Crippen LogP contribution is 2.25. The molecule has 8 heteroatoms. The summed E-state index contributed by atoms with van der Waals surface area (Å²) in [6.45, 7) is 0. The van der Waals surface area contributed by atoms with E-state index in [4.69, 9.17) is 28.6 Å². The third-order valence-corrected chi connectivity index (χ3v) is 4.59. The molecular weight excluding hydrogens is 400 g/mol. The Bertz CT molecular complexity index is 1160. The van der Waals surface area contributed by atoms with Crippen molar-refractivity contribution in [1.82, 2.24) is 9.55 Å². The number of ether oxygens (including phenoxy) is 1. The maximum absolute atomic E-state index is 12.4. The monoisotopic (exact) mass is 414 g/mol. The van der Waals surface area contributed by atoms with E-state index in [2.05, 4.69) is 4.98 Å². The molecule has 0 amide bonds. The number of aldehydes is 1. The molecule has 0 aliphatic rings. The highest BCUT2D eigenvalue weighted by molar-refractivity contribution is 7.71. The molecule has 142 valence electrons. The molecular formula is C20H15ClN2O4S. The number of nitrogens with zero attached hydrogens (tertiary/aromatic N) is 1. The van der Waals surface area contributed by atoms with Gasteiger partial charge in [-0.3, -0.25) is 19.1 Å². The fourth-order valence-corrected chi connectivity index (χ4v) is 3.03. The van der Waals surface area contributed by atoms with Gasteiger partial charge in [0.25, 0.3) is 5.56 Å². The second-order valence-electron chi connectivity index (χ2n) is 5.75. The summed E-state index contributed by atoms with van der Waals surface area (Å²) >= 11 is 11.1. The predicted octanol–water partition coefficient (Wildman–Crippen LogP) is 4.00. The van der Waals surface area contributed by atoms with E-state index in [-0.39, 0.29) is 21.8 Å². The summed E-state index contributed by atoms with van der Waals surface area (Å²) in [6, 6.07) is 13.3. The van der Waals surface area contributed by atoms with Crippen molar-refractivity contribution in [3.05, 3.63) is 79.8 Å². The van der Waals surface area contributed by atoms with Gasteiger partial charge in [0.1, 0.15) is 11.3 Å². The number of H-pyrrole nitrogens is 1. The van der Waals surface area contributed by atoms with Crippen molar-refractivity contribution in [3.8, 4) is 17.3 Å². The molecule has 0 saturated carbocycles. The average Bonchev–Trinajstić information content (AvgIpc) is 2.69. The Morgan fingerprint density at radius 2 is 1.82 bits per heavy atom. The fraction of sp³-hybridized carbons (Fsp3) is 0.0500. The minimum Gasteiger partial charge on any atom is -0.497 e. The molecule has 0 aliphatic heterocycles. The van der Waals surface area contributed by atoms with Gasteiger partial charge in [-0.05, 0) is 60.3 Å². The van der Waals surface area contributed by atoms with Crippen molar-refractivity contribution >= 4 is 41.8 Å². The molecule has 3 rings (SSSR count). The standard InChI is InChI=1S/C20H15ClN2O4S/c1-27-16-8-2-12(3-9-16)13(11-24)10-17-18(25)22-20(28)23(19(17)26)15-6-4-14(21)5-7-15/h2-11,26H,1H3,(H,22,25,28). The van der Waals surface area contributed by atoms with E-state index in [1.54, 1.807) is 48.5 Å². The van der Waals surface area contributed by atoms with E-state index in [9.17, 15) is 14.7 Å². The molecule has 0 spiro atoms. The van der Waals surface area contributed by atoms with Crippen LogP contribution in [0, 0.1) is 4.77 Å². The van der Waals surface area contributed by atoms with Crippen molar-refractivity contribution in [2.45, 2.75) is 0 Å². The van der Waals surface area contributed by atoms with Gasteiger partial charge in [0.05, 0.1) is 12.8 Å². The van der Waals surface area contributed by atoms with Gasteiger partial charge in [-0.2, -0.15) is 0 Å². The molecule has 2 aromatic carbocycles. The highest BCUT2D eigenvalue weighted by atomic mass is 35.5. The zero-order valence-corrected chi connectivity index (χ0v) is 16.3. The zero-order chi connectivity index (χ0) is 20.3. The fourth-order valence-electron chi connectivity index (χ4n) is 2.62. The maximum Gasteiger partial charge on any atom is 0.262 e. The molecule has 0 fully saturated rings. The van der Waals surface area contributed by atoms with Crippen LogP contribution in [0.1, 0.15) is 11.1 Å². The quantitative estimate of drug-likeness (QED) is 0.374. The maximum atomic E-state index is 12.4. The Morgan fingerprint density at radius 1 is 1.18 bits per heavy atom. The number of allylic oxidation sites excluding steroid dienone is 1. The summed E-state index contributed by atoms with van der Waals surface area (Å²) in [6.07, 6.45) is 1.92. The molecule has 0 aliphatic carbocycles. The van der Waals surface area contributed by atoms with Crippen LogP contribution in [0.25, 0.3) is 17.3 Å². The summed E-state index contributed by atoms with van der Waals surface area (Å²) < 4.78 is 6.40. The third-order valence-electron chi connectivity index (χ3n) is 4.06. The Kier molecular flexibility index (Phi) is 5.77. The van der Waals surface area contributed by atoms with Gasteiger partial charge in [0.15, 0.2) is 11.1 Å². The minimum atomic E-state index is -0.611. The topological polar surface area (TPSA) is 84.3 Å². The lowest BCUT2D eigenvalue weighted by Gasteiger charge is -2.12. The Morgan fingerprint density at radius 3 is 2.39 bits per heavy atom. The molecule has 1 heterocycles. The summed E-state index contributed by atoms with van der Waals surface area (Å²) in [4.78, 5) is 26.5. The Hall–Kier alpha value is -3.16. The number of aromatic nitrogens is 2. The molecule has 0 bridgehead atoms. The third kappa shape index (κ3) is 3.90. The number of hydrogen-bond acceptors (Lipinski definition) is 5. The van der Waals surface area contributed by atoms with E-state index in [0.29, 0.717) is 28.3 Å². The predicted molar refractivity (Wildman–Crippen MR) is 111 cm³/mol. The molecule has 6 nitrogen and oxygen atoms in total. The van der Waals surface area contributed by atoms with Crippen LogP contribution in [-0.4, -0.2) is 28.1 Å². The summed E-state index contributed by atoms with van der Waals surface area (Å²) in [5.74, 6) is 0.245. The largest absolute Gasteiger partial charge is 0.497 e. The van der Waals surface area contributed by atoms with Gasteiger partial charge in [-0.25, -0.2) is 0 Å². The van der Waals surface area contributed by atoms with E-state index in [1.807, 2.05) is 0 Å². The number of halogens is 1. The van der Waals surface area contributed by atoms with Crippen molar-refractivity contribution in [3.63, 3.8) is 0 Å². The van der Waals surface area contributed by atoms with Crippen LogP contribution in [0.2, 0.25) is 5.02 Å². The smallest absolute Gasteiger partial charge is 0.262 e. The normalized spacial score (nSPS) is 11.3. The minimum absolute atomic E-state index is 0.0130. The lowest BCUT2D eigenvalue weighted by molar-refractivity contribution is -0.103. The summed E-state index contributed by atoms with van der Waals surface area (Å²) in [5, 5.41) is 11.2. The SMILES string of the molecule is COc1ccc(C(C=O)=Cc2c(O)n(-c3ccc(Cl)cc3)c(=S)[nH]c2=O)cc1. The number of aromatic amines is 1. The number of hydrogen-bond donors (Lipinski definition) is 2. The van der Waals surface area contributed by atoms with E-state index < -0.39 is 5.56 Å². The summed E-state index contributed by atoms with van der Waals surface area (Å²) in [5.41, 5.74) is 0.579. The molecule has 0 atom stereocenters. The van der Waals surface area contributed by atoms with Crippen molar-refractivity contribution in [2.24, 2.45) is 0 Å². The first-order chi connectivity index (χ1) is 13.4. The van der Waals surface area contributed by atoms with Gasteiger partial charge in [0, 0.05) is 10.6 Å². The van der Waals surface area contributed by atoms with Crippen molar-refractivity contribution in [1.29, 1.82) is 0 Å². The molecule has 0 saturated heterocycles. The van der Waals surface area contributed by atoms with Crippen molar-refractivity contribution < 1.29 is 14.6 Å². The molecule has 1 aromatic heterocycles. The van der Waals surface area contributed by atoms with Crippen molar-refractivity contribution in [2.75, 3.05) is 7.11 Å². The van der Waals surface area contributed by atoms with Crippen LogP contribution >= 0.6 is 23.8 Å². The number of aromatic hydroxyl groups is 1. The first kappa shape index (κ1) is 19.6. The zero-order valence-electron chi connectivity index (χ0n) is 14.7. The summed E-state index contributed by atoms with van der Waals surface area (Å²) in [7, 11) is 1.54. The molecule has 0 unspecified atom stereocenters. The van der Waals surface area contributed by atoms with E-state index >= 15 is 0 Å². The van der Waals surface area contributed by atoms with Gasteiger partial charge < -0.3 is 9.84 Å². The van der Waals surface area contributed by atoms with Gasteiger partial charge in [-0.1, -0.05) is 23.7 Å². The van der Waals surface area contributed by atoms with Gasteiger partial charge in [0.2, 0.25) is 5.88 Å². The first-order valence-corrected chi connectivity index (χ1v) is 8.88. The van der Waals surface area contributed by atoms with E-state index in [1.165, 1.54) is 17.8 Å². The van der Waals surface area contributed by atoms with Crippen LogP contribution in [-0.2, 0) is 4.79 Å². The van der Waals surface area contributed by atoms with Gasteiger partial charge in [-0.15, -0.1) is 0 Å². The van der Waals surface area contributed by atoms with Crippen LogP contribution in [0.15, 0.2) is 53.3 Å². The van der Waals surface area contributed by atoms with Crippen LogP contribution in [0.3, 0.4) is 0 Å². The number of benzene rings is 2. The second-order valence-corrected chi connectivity index (χ2v) is 6.58. The lowest BCUT2D eigenvalue weighted by Crippen LogP contribution is -2.16. The highest BCUT2D eigenvalue weighted by Gasteiger charge is 2.14. The molecule has 28 heavy (non-hydrogen) atoms.